The predicted molar refractivity (Wildman–Crippen MR) is 108 cm³/mol. The summed E-state index contributed by atoms with van der Waals surface area (Å²) in [5, 5.41) is 9.54. The molecule has 9 nitrogen and oxygen atoms in total. The van der Waals surface area contributed by atoms with Crippen molar-refractivity contribution >= 4 is 23.0 Å². The van der Waals surface area contributed by atoms with Gasteiger partial charge in [0.1, 0.15) is 5.52 Å². The number of nitrogens with zero attached hydrogens (tertiary/aromatic N) is 3. The van der Waals surface area contributed by atoms with E-state index in [1.54, 1.807) is 35.3 Å². The number of benzene rings is 2. The first-order valence-electron chi connectivity index (χ1n) is 9.41. The number of aromatic nitrogens is 4. The minimum Gasteiger partial charge on any atom is -0.395 e. The van der Waals surface area contributed by atoms with Crippen molar-refractivity contribution in [2.45, 2.75) is 13.2 Å². The molecule has 0 saturated heterocycles. The molecule has 2 aromatic carbocycles. The van der Waals surface area contributed by atoms with Gasteiger partial charge >= 0.3 is 12.3 Å². The fraction of sp³-hybridized carbons (Fsp3) is 0.150. The summed E-state index contributed by atoms with van der Waals surface area (Å²) in [4.78, 5) is 19.4. The fourth-order valence-electron chi connectivity index (χ4n) is 3.35. The Bertz CT molecular complexity index is 1290. The molecular weight excluding hydrogens is 410 g/mol. The van der Waals surface area contributed by atoms with Gasteiger partial charge in [-0.05, 0) is 48.4 Å². The average molecular weight is 426 g/mol. The lowest BCUT2D eigenvalue weighted by Crippen LogP contribution is -2.28. The van der Waals surface area contributed by atoms with Gasteiger partial charge in [0.15, 0.2) is 11.5 Å². The zero-order valence-electron chi connectivity index (χ0n) is 16.1. The van der Waals surface area contributed by atoms with Crippen molar-refractivity contribution < 1.29 is 23.0 Å². The third-order valence-corrected chi connectivity index (χ3v) is 4.62. The third-order valence-electron chi connectivity index (χ3n) is 4.62. The van der Waals surface area contributed by atoms with Crippen LogP contribution in [0.5, 0.6) is 11.5 Å². The average Bonchev–Trinajstić information content (AvgIpc) is 3.43. The highest BCUT2D eigenvalue weighted by molar-refractivity contribution is 5.94. The molecule has 2 amide bonds. The van der Waals surface area contributed by atoms with E-state index in [4.69, 9.17) is 0 Å². The summed E-state index contributed by atoms with van der Waals surface area (Å²) in [6, 6.07) is 9.56. The second-order valence-electron chi connectivity index (χ2n) is 6.74. The van der Waals surface area contributed by atoms with Crippen molar-refractivity contribution in [1.29, 1.82) is 0 Å². The number of urea groups is 1. The van der Waals surface area contributed by atoms with E-state index in [1.165, 1.54) is 12.1 Å². The Kier molecular flexibility index (Phi) is 4.24. The van der Waals surface area contributed by atoms with Crippen LogP contribution >= 0.6 is 0 Å². The first kappa shape index (κ1) is 18.9. The highest BCUT2D eigenvalue weighted by atomic mass is 19.3. The largest absolute Gasteiger partial charge is 0.586 e. The predicted octanol–water partition coefficient (Wildman–Crippen LogP) is 3.88. The lowest BCUT2D eigenvalue weighted by atomic mass is 10.0. The summed E-state index contributed by atoms with van der Waals surface area (Å²) in [6.45, 7) is 2.28. The van der Waals surface area contributed by atoms with Crippen LogP contribution in [0.2, 0.25) is 0 Å². The minimum absolute atomic E-state index is 0.0305. The van der Waals surface area contributed by atoms with E-state index in [0.29, 0.717) is 34.4 Å². The molecule has 11 heteroatoms. The lowest BCUT2D eigenvalue weighted by Gasteiger charge is -2.08. The van der Waals surface area contributed by atoms with Gasteiger partial charge in [-0.15, -0.1) is 8.78 Å². The molecule has 3 N–H and O–H groups in total. The molecule has 0 fully saturated rings. The van der Waals surface area contributed by atoms with Crippen molar-refractivity contribution in [3.63, 3.8) is 0 Å². The Labute approximate surface area is 174 Å². The summed E-state index contributed by atoms with van der Waals surface area (Å²) in [5.41, 5.74) is 3.17. The maximum atomic E-state index is 13.4. The van der Waals surface area contributed by atoms with Crippen LogP contribution in [0.4, 0.5) is 19.5 Å². The molecule has 1 aliphatic rings. The number of imidazole rings is 1. The lowest BCUT2D eigenvalue weighted by molar-refractivity contribution is -0.286. The normalized spacial score (nSPS) is 14.0. The summed E-state index contributed by atoms with van der Waals surface area (Å²) in [6.07, 6.45) is -0.305. The van der Waals surface area contributed by atoms with Crippen LogP contribution in [-0.2, 0) is 0 Å². The van der Waals surface area contributed by atoms with Gasteiger partial charge in [0.25, 0.3) is 0 Å². The number of carbonyl (C=O) groups is 1. The van der Waals surface area contributed by atoms with Crippen LogP contribution < -0.4 is 20.1 Å². The van der Waals surface area contributed by atoms with Crippen LogP contribution in [0.15, 0.2) is 48.8 Å². The van der Waals surface area contributed by atoms with E-state index in [2.05, 4.69) is 35.2 Å². The molecule has 3 heterocycles. The number of fused-ring (bicyclic) bond motifs is 2. The molecule has 0 aliphatic carbocycles. The SMILES string of the molecule is CCNC(=O)Nc1nc2c(-n3cccn3)cc(-c3ccc4c(c3)OC(F)(F)O4)cc2[nH]1. The molecule has 0 radical (unpaired) electrons. The standard InChI is InChI=1S/C20H16F2N6O3/c1-2-23-19(29)27-18-25-13-8-12(9-14(17(13)26-18)28-7-3-6-24-28)11-4-5-15-16(10-11)31-20(21,22)30-15/h3-10H,2H2,1H3,(H3,23,25,26,27,29). The number of hydrogen-bond donors (Lipinski definition) is 3. The Balaban J connectivity index is 1.61. The monoisotopic (exact) mass is 426 g/mol. The molecule has 2 aromatic heterocycles. The molecule has 4 aromatic rings. The van der Waals surface area contributed by atoms with Gasteiger partial charge < -0.3 is 19.8 Å². The van der Waals surface area contributed by atoms with E-state index < -0.39 is 6.29 Å². The molecular formula is C20H16F2N6O3. The number of rotatable bonds is 4. The van der Waals surface area contributed by atoms with Crippen LogP contribution in [0, 0.1) is 0 Å². The van der Waals surface area contributed by atoms with E-state index in [9.17, 15) is 13.6 Å². The van der Waals surface area contributed by atoms with Gasteiger partial charge in [0, 0.05) is 18.9 Å². The van der Waals surface area contributed by atoms with E-state index in [-0.39, 0.29) is 23.5 Å². The number of carbonyl (C=O) groups excluding carboxylic acids is 1. The van der Waals surface area contributed by atoms with Crippen LogP contribution in [-0.4, -0.2) is 38.6 Å². The summed E-state index contributed by atoms with van der Waals surface area (Å²) in [5.74, 6) is 0.181. The number of alkyl halides is 2. The van der Waals surface area contributed by atoms with Crippen molar-refractivity contribution in [2.24, 2.45) is 0 Å². The number of ether oxygens (including phenoxy) is 2. The van der Waals surface area contributed by atoms with Gasteiger partial charge in [-0.2, -0.15) is 5.10 Å². The number of halogens is 2. The van der Waals surface area contributed by atoms with Crippen molar-refractivity contribution in [1.82, 2.24) is 25.1 Å². The Morgan fingerprint density at radius 3 is 2.81 bits per heavy atom. The zero-order valence-corrected chi connectivity index (χ0v) is 16.1. The minimum atomic E-state index is -3.69. The molecule has 5 rings (SSSR count). The maximum absolute atomic E-state index is 13.4. The number of hydrogen-bond acceptors (Lipinski definition) is 5. The quantitative estimate of drug-likeness (QED) is 0.459. The fourth-order valence-corrected chi connectivity index (χ4v) is 3.35. The van der Waals surface area contributed by atoms with Crippen LogP contribution in [0.25, 0.3) is 27.8 Å². The molecule has 31 heavy (non-hydrogen) atoms. The molecule has 0 saturated carbocycles. The Morgan fingerprint density at radius 2 is 2.03 bits per heavy atom. The maximum Gasteiger partial charge on any atom is 0.586 e. The molecule has 0 unspecified atom stereocenters. The van der Waals surface area contributed by atoms with E-state index in [1.807, 2.05) is 13.0 Å². The van der Waals surface area contributed by atoms with E-state index >= 15 is 0 Å². The number of amides is 2. The zero-order chi connectivity index (χ0) is 21.6. The van der Waals surface area contributed by atoms with Gasteiger partial charge in [0.05, 0.1) is 11.2 Å². The second kappa shape index (κ2) is 6.97. The molecule has 158 valence electrons. The van der Waals surface area contributed by atoms with Crippen molar-refractivity contribution in [2.75, 3.05) is 11.9 Å². The van der Waals surface area contributed by atoms with Gasteiger partial charge in [-0.3, -0.25) is 5.32 Å². The second-order valence-corrected chi connectivity index (χ2v) is 6.74. The molecule has 0 bridgehead atoms. The first-order valence-corrected chi connectivity index (χ1v) is 9.41. The van der Waals surface area contributed by atoms with Gasteiger partial charge in [-0.25, -0.2) is 14.5 Å². The van der Waals surface area contributed by atoms with Crippen molar-refractivity contribution in [3.05, 3.63) is 48.8 Å². The number of nitrogens with one attached hydrogen (secondary N) is 3. The summed E-state index contributed by atoms with van der Waals surface area (Å²) < 4.78 is 37.4. The smallest absolute Gasteiger partial charge is 0.395 e. The third kappa shape index (κ3) is 3.50. The van der Waals surface area contributed by atoms with Crippen LogP contribution in [0.1, 0.15) is 6.92 Å². The Hall–Kier alpha value is -4.15. The first-order chi connectivity index (χ1) is 14.9. The van der Waals surface area contributed by atoms with Gasteiger partial charge in [0.2, 0.25) is 5.95 Å². The van der Waals surface area contributed by atoms with Crippen LogP contribution in [0.3, 0.4) is 0 Å². The Morgan fingerprint density at radius 1 is 1.19 bits per heavy atom. The summed E-state index contributed by atoms with van der Waals surface area (Å²) >= 11 is 0. The van der Waals surface area contributed by atoms with Gasteiger partial charge in [-0.1, -0.05) is 6.07 Å². The highest BCUT2D eigenvalue weighted by Gasteiger charge is 2.43. The molecule has 0 spiro atoms. The highest BCUT2D eigenvalue weighted by Crippen LogP contribution is 2.43. The molecule has 0 atom stereocenters. The van der Waals surface area contributed by atoms with Crippen molar-refractivity contribution in [3.8, 4) is 28.3 Å². The number of anilines is 1. The number of H-pyrrole nitrogens is 1. The summed E-state index contributed by atoms with van der Waals surface area (Å²) in [7, 11) is 0. The molecule has 1 aliphatic heterocycles. The topological polar surface area (TPSA) is 106 Å². The van der Waals surface area contributed by atoms with E-state index in [0.717, 1.165) is 0 Å². The number of aromatic amines is 1.